The van der Waals surface area contributed by atoms with Gasteiger partial charge in [0.15, 0.2) is 0 Å². The fraction of sp³-hybridized carbons (Fsp3) is 0.200. The highest BCUT2D eigenvalue weighted by molar-refractivity contribution is 6.05. The van der Waals surface area contributed by atoms with E-state index >= 15 is 0 Å². The number of nitrogens with zero attached hydrogens (tertiary/aromatic N) is 3. The maximum Gasteiger partial charge on any atom is 0.261 e. The van der Waals surface area contributed by atoms with Crippen molar-refractivity contribution in [2.75, 3.05) is 0 Å². The summed E-state index contributed by atoms with van der Waals surface area (Å²) in [6.45, 7) is 0.731. The molecule has 0 saturated carbocycles. The van der Waals surface area contributed by atoms with Crippen LogP contribution in [-0.4, -0.2) is 29.5 Å². The van der Waals surface area contributed by atoms with Crippen molar-refractivity contribution in [1.82, 2.24) is 29.5 Å². The third kappa shape index (κ3) is 2.05. The maximum atomic E-state index is 12.8. The summed E-state index contributed by atoms with van der Waals surface area (Å²) in [5.41, 5.74) is 3.02. The van der Waals surface area contributed by atoms with E-state index in [9.17, 15) is 9.59 Å². The minimum Gasteiger partial charge on any atom is -0.339 e. The van der Waals surface area contributed by atoms with Gasteiger partial charge in [0.1, 0.15) is 17.1 Å². The first-order valence-corrected chi connectivity index (χ1v) is 9.25. The minimum absolute atomic E-state index is 0.0828. The number of fused-ring (bicyclic) bond motifs is 6. The molecule has 5 aromatic rings. The van der Waals surface area contributed by atoms with Crippen molar-refractivity contribution in [3.63, 3.8) is 0 Å². The quantitative estimate of drug-likeness (QED) is 0.419. The Balaban J connectivity index is 1.47. The van der Waals surface area contributed by atoms with Crippen molar-refractivity contribution in [2.45, 2.75) is 25.3 Å². The van der Waals surface area contributed by atoms with Gasteiger partial charge in [0.25, 0.3) is 11.1 Å². The van der Waals surface area contributed by atoms with Crippen molar-refractivity contribution in [1.29, 1.82) is 0 Å². The van der Waals surface area contributed by atoms with Crippen LogP contribution in [-0.2, 0) is 13.0 Å². The van der Waals surface area contributed by atoms with Crippen LogP contribution >= 0.6 is 0 Å². The lowest BCUT2D eigenvalue weighted by atomic mass is 9.95. The van der Waals surface area contributed by atoms with Crippen LogP contribution in [0.1, 0.15) is 23.9 Å². The molecular weight excluding hydrogens is 356 g/mol. The van der Waals surface area contributed by atoms with E-state index in [0.29, 0.717) is 34.3 Å². The standard InChI is InChI=1S/C20H16N6O2/c27-19-13-8-11-7-10(5-6-26(11)18(13)21-9-22-19)16-24-17-15(20(28)25-16)12-3-1-2-4-14(12)23-17/h1-4,8-10H,5-7H2,(H,21,22,27)(H2,23,24,25,28). The van der Waals surface area contributed by atoms with Crippen molar-refractivity contribution in [3.05, 3.63) is 68.9 Å². The van der Waals surface area contributed by atoms with E-state index in [1.165, 1.54) is 6.33 Å². The third-order valence-electron chi connectivity index (χ3n) is 5.71. The number of hydrogen-bond acceptors (Lipinski definition) is 4. The molecule has 28 heavy (non-hydrogen) atoms. The van der Waals surface area contributed by atoms with Crippen LogP contribution in [0, 0.1) is 0 Å². The third-order valence-corrected chi connectivity index (χ3v) is 5.71. The van der Waals surface area contributed by atoms with E-state index in [0.717, 1.165) is 29.6 Å². The van der Waals surface area contributed by atoms with Crippen molar-refractivity contribution in [2.24, 2.45) is 0 Å². The Hall–Kier alpha value is -3.68. The highest BCUT2D eigenvalue weighted by atomic mass is 16.1. The second-order valence-corrected chi connectivity index (χ2v) is 7.29. The first-order valence-electron chi connectivity index (χ1n) is 9.25. The van der Waals surface area contributed by atoms with E-state index in [-0.39, 0.29) is 17.0 Å². The van der Waals surface area contributed by atoms with Gasteiger partial charge in [-0.2, -0.15) is 0 Å². The first kappa shape index (κ1) is 15.4. The minimum atomic E-state index is -0.130. The zero-order valence-corrected chi connectivity index (χ0v) is 14.8. The summed E-state index contributed by atoms with van der Waals surface area (Å²) in [6.07, 6.45) is 2.96. The molecule has 6 rings (SSSR count). The Morgan fingerprint density at radius 2 is 1.96 bits per heavy atom. The van der Waals surface area contributed by atoms with E-state index in [1.54, 1.807) is 0 Å². The number of H-pyrrole nitrogens is 3. The van der Waals surface area contributed by atoms with E-state index in [4.69, 9.17) is 4.98 Å². The highest BCUT2D eigenvalue weighted by Gasteiger charge is 2.25. The SMILES string of the molecule is O=c1[nH]cnc2c1cc1n2CCC(c2nc3[nH]c4ccccc4c3c(=O)[nH]2)C1. The van der Waals surface area contributed by atoms with E-state index in [1.807, 2.05) is 30.3 Å². The molecule has 0 aliphatic carbocycles. The molecule has 0 radical (unpaired) electrons. The van der Waals surface area contributed by atoms with Crippen LogP contribution in [0.4, 0.5) is 0 Å². The molecule has 138 valence electrons. The second-order valence-electron chi connectivity index (χ2n) is 7.29. The molecule has 1 unspecified atom stereocenters. The van der Waals surface area contributed by atoms with Gasteiger partial charge in [-0.3, -0.25) is 9.59 Å². The predicted molar refractivity (Wildman–Crippen MR) is 106 cm³/mol. The Morgan fingerprint density at radius 3 is 2.89 bits per heavy atom. The lowest BCUT2D eigenvalue weighted by molar-refractivity contribution is 0.465. The molecular formula is C20H16N6O2. The molecule has 0 amide bonds. The Labute approximate surface area is 157 Å². The number of aromatic nitrogens is 6. The Kier molecular flexibility index (Phi) is 2.98. The topological polar surface area (TPSA) is 112 Å². The zero-order valence-electron chi connectivity index (χ0n) is 14.8. The summed E-state index contributed by atoms with van der Waals surface area (Å²) < 4.78 is 2.08. The van der Waals surface area contributed by atoms with Crippen LogP contribution in [0.2, 0.25) is 0 Å². The molecule has 0 bridgehead atoms. The van der Waals surface area contributed by atoms with Gasteiger partial charge in [-0.05, 0) is 25.0 Å². The van der Waals surface area contributed by atoms with Crippen molar-refractivity contribution in [3.8, 4) is 0 Å². The highest BCUT2D eigenvalue weighted by Crippen LogP contribution is 2.31. The molecule has 5 heterocycles. The summed E-state index contributed by atoms with van der Waals surface area (Å²) in [4.78, 5) is 42.8. The first-order chi connectivity index (χ1) is 13.7. The normalized spacial score (nSPS) is 16.8. The molecule has 3 N–H and O–H groups in total. The molecule has 1 aliphatic heterocycles. The Bertz CT molecular complexity index is 1500. The fourth-order valence-electron chi connectivity index (χ4n) is 4.38. The van der Waals surface area contributed by atoms with Gasteiger partial charge in [-0.15, -0.1) is 0 Å². The summed E-state index contributed by atoms with van der Waals surface area (Å²) in [5.74, 6) is 0.766. The number of hydrogen-bond donors (Lipinski definition) is 3. The summed E-state index contributed by atoms with van der Waals surface area (Å²) >= 11 is 0. The molecule has 1 atom stereocenters. The van der Waals surface area contributed by atoms with Crippen molar-refractivity contribution < 1.29 is 0 Å². The number of aryl methyl sites for hydroxylation is 1. The average molecular weight is 372 g/mol. The maximum absolute atomic E-state index is 12.8. The molecule has 0 spiro atoms. The van der Waals surface area contributed by atoms with Gasteiger partial charge in [0, 0.05) is 29.1 Å². The van der Waals surface area contributed by atoms with E-state index in [2.05, 4.69) is 24.5 Å². The Morgan fingerprint density at radius 1 is 1.07 bits per heavy atom. The molecule has 1 aromatic carbocycles. The molecule has 4 aromatic heterocycles. The summed E-state index contributed by atoms with van der Waals surface area (Å²) in [5, 5.41) is 2.08. The number of benzene rings is 1. The second kappa shape index (κ2) is 5.41. The smallest absolute Gasteiger partial charge is 0.261 e. The summed E-state index contributed by atoms with van der Waals surface area (Å²) in [7, 11) is 0. The number of rotatable bonds is 1. The average Bonchev–Trinajstić information content (AvgIpc) is 3.26. The number of nitrogens with one attached hydrogen (secondary N) is 3. The molecule has 8 heteroatoms. The van der Waals surface area contributed by atoms with Gasteiger partial charge in [-0.1, -0.05) is 18.2 Å². The van der Waals surface area contributed by atoms with Crippen molar-refractivity contribution >= 4 is 33.0 Å². The molecule has 1 aliphatic rings. The fourth-order valence-corrected chi connectivity index (χ4v) is 4.38. The van der Waals surface area contributed by atoms with Gasteiger partial charge in [-0.25, -0.2) is 9.97 Å². The largest absolute Gasteiger partial charge is 0.339 e. The number of para-hydroxylation sites is 1. The van der Waals surface area contributed by atoms with Crippen LogP contribution in [0.15, 0.2) is 46.2 Å². The lowest BCUT2D eigenvalue weighted by Gasteiger charge is -2.23. The van der Waals surface area contributed by atoms with Gasteiger partial charge >= 0.3 is 0 Å². The van der Waals surface area contributed by atoms with Gasteiger partial charge in [0.2, 0.25) is 0 Å². The summed E-state index contributed by atoms with van der Waals surface area (Å²) in [6, 6.07) is 9.61. The molecule has 0 fully saturated rings. The van der Waals surface area contributed by atoms with Crippen LogP contribution in [0.5, 0.6) is 0 Å². The number of aromatic amines is 3. The lowest BCUT2D eigenvalue weighted by Crippen LogP contribution is -2.22. The zero-order chi connectivity index (χ0) is 18.8. The molecule has 0 saturated heterocycles. The predicted octanol–water partition coefficient (Wildman–Crippen LogP) is 2.17. The van der Waals surface area contributed by atoms with Crippen LogP contribution in [0.3, 0.4) is 0 Å². The van der Waals surface area contributed by atoms with E-state index < -0.39 is 0 Å². The van der Waals surface area contributed by atoms with Crippen LogP contribution < -0.4 is 11.1 Å². The molecule has 8 nitrogen and oxygen atoms in total. The van der Waals surface area contributed by atoms with Crippen LogP contribution in [0.25, 0.3) is 33.0 Å². The van der Waals surface area contributed by atoms with Gasteiger partial charge < -0.3 is 19.5 Å². The van der Waals surface area contributed by atoms with Gasteiger partial charge in [0.05, 0.1) is 17.1 Å². The monoisotopic (exact) mass is 372 g/mol.